The number of alkyl halides is 1. The number of amides is 1. The molecule has 1 N–H and O–H groups in total. The molecule has 1 aromatic rings. The Hall–Kier alpha value is -0.610. The first-order valence-electron chi connectivity index (χ1n) is 4.46. The molecule has 78 valence electrons. The van der Waals surface area contributed by atoms with E-state index >= 15 is 0 Å². The predicted molar refractivity (Wildman–Crippen MR) is 58.9 cm³/mol. The van der Waals surface area contributed by atoms with Gasteiger partial charge >= 0.3 is 0 Å². The van der Waals surface area contributed by atoms with Gasteiger partial charge in [0.15, 0.2) is 0 Å². The summed E-state index contributed by atoms with van der Waals surface area (Å²) in [6.45, 7) is 2.67. The summed E-state index contributed by atoms with van der Waals surface area (Å²) in [5.41, 5.74) is 0. The molecule has 1 amide bonds. The van der Waals surface area contributed by atoms with E-state index in [4.69, 9.17) is 11.6 Å². The molecule has 0 radical (unpaired) electrons. The Morgan fingerprint density at radius 2 is 2.57 bits per heavy atom. The number of carbonyl (C=O) groups excluding carboxylic acids is 1. The number of hydrogen-bond acceptors (Lipinski definition) is 3. The lowest BCUT2D eigenvalue weighted by Crippen LogP contribution is -2.27. The fourth-order valence-electron chi connectivity index (χ4n) is 1.01. The molecule has 1 aromatic heterocycles. The standard InChI is InChI=1S/C9H13ClN2OS/c1-7(9-11-4-5-14-9)6-12-8(13)2-3-10/h4-5,7H,2-3,6H2,1H3,(H,12,13). The van der Waals surface area contributed by atoms with Gasteiger partial charge in [0, 0.05) is 36.3 Å². The smallest absolute Gasteiger partial charge is 0.221 e. The van der Waals surface area contributed by atoms with E-state index in [1.165, 1.54) is 0 Å². The second-order valence-electron chi connectivity index (χ2n) is 3.01. The zero-order valence-corrected chi connectivity index (χ0v) is 9.57. The molecule has 1 atom stereocenters. The molecule has 3 nitrogen and oxygen atoms in total. The van der Waals surface area contributed by atoms with Gasteiger partial charge in [0.25, 0.3) is 0 Å². The van der Waals surface area contributed by atoms with Gasteiger partial charge in [-0.1, -0.05) is 6.92 Å². The lowest BCUT2D eigenvalue weighted by Gasteiger charge is -2.09. The van der Waals surface area contributed by atoms with Crippen LogP contribution < -0.4 is 5.32 Å². The molecule has 0 aliphatic rings. The highest BCUT2D eigenvalue weighted by atomic mass is 35.5. The minimum absolute atomic E-state index is 0.00315. The van der Waals surface area contributed by atoms with Gasteiger partial charge in [0.1, 0.15) is 0 Å². The van der Waals surface area contributed by atoms with E-state index in [1.807, 2.05) is 12.3 Å². The lowest BCUT2D eigenvalue weighted by atomic mass is 10.2. The molecule has 0 saturated carbocycles. The molecule has 1 heterocycles. The molecule has 0 bridgehead atoms. The number of aromatic nitrogens is 1. The van der Waals surface area contributed by atoms with Crippen LogP contribution in [0.25, 0.3) is 0 Å². The van der Waals surface area contributed by atoms with Gasteiger partial charge in [-0.15, -0.1) is 22.9 Å². The molecule has 0 aromatic carbocycles. The van der Waals surface area contributed by atoms with Gasteiger partial charge in [-0.3, -0.25) is 4.79 Å². The average molecular weight is 233 g/mol. The normalized spacial score (nSPS) is 12.4. The average Bonchev–Trinajstić information content (AvgIpc) is 2.67. The van der Waals surface area contributed by atoms with Crippen LogP contribution in [-0.2, 0) is 4.79 Å². The number of thiazole rings is 1. The summed E-state index contributed by atoms with van der Waals surface area (Å²) in [5.74, 6) is 0.648. The molecule has 14 heavy (non-hydrogen) atoms. The third kappa shape index (κ3) is 3.64. The third-order valence-electron chi connectivity index (χ3n) is 1.80. The summed E-state index contributed by atoms with van der Waals surface area (Å²) in [5, 5.41) is 5.80. The number of rotatable bonds is 5. The number of nitrogens with one attached hydrogen (secondary N) is 1. The molecule has 5 heteroatoms. The number of carbonyl (C=O) groups is 1. The predicted octanol–water partition coefficient (Wildman–Crippen LogP) is 1.99. The summed E-state index contributed by atoms with van der Waals surface area (Å²) < 4.78 is 0. The SMILES string of the molecule is CC(CNC(=O)CCCl)c1nccs1. The third-order valence-corrected chi connectivity index (χ3v) is 3.00. The van der Waals surface area contributed by atoms with E-state index < -0.39 is 0 Å². The van der Waals surface area contributed by atoms with Crippen LogP contribution in [0.1, 0.15) is 24.3 Å². The van der Waals surface area contributed by atoms with Gasteiger partial charge < -0.3 is 5.32 Å². The highest BCUT2D eigenvalue weighted by molar-refractivity contribution is 7.09. The van der Waals surface area contributed by atoms with E-state index in [0.29, 0.717) is 18.8 Å². The minimum Gasteiger partial charge on any atom is -0.355 e. The van der Waals surface area contributed by atoms with Crippen LogP contribution in [0, 0.1) is 0 Å². The van der Waals surface area contributed by atoms with E-state index in [2.05, 4.69) is 10.3 Å². The zero-order chi connectivity index (χ0) is 10.4. The van der Waals surface area contributed by atoms with Crippen LogP contribution in [0.2, 0.25) is 0 Å². The van der Waals surface area contributed by atoms with Crippen molar-refractivity contribution in [2.75, 3.05) is 12.4 Å². The molecule has 0 saturated heterocycles. The Labute approximate surface area is 92.5 Å². The highest BCUT2D eigenvalue weighted by Gasteiger charge is 2.09. The van der Waals surface area contributed by atoms with Crippen molar-refractivity contribution in [2.45, 2.75) is 19.3 Å². The summed E-state index contributed by atoms with van der Waals surface area (Å²) in [6.07, 6.45) is 2.16. The zero-order valence-electron chi connectivity index (χ0n) is 8.00. The molecule has 0 fully saturated rings. The van der Waals surface area contributed by atoms with Gasteiger partial charge in [-0.25, -0.2) is 4.98 Å². The summed E-state index contributed by atoms with van der Waals surface area (Å²) in [6, 6.07) is 0. The van der Waals surface area contributed by atoms with Crippen molar-refractivity contribution >= 4 is 28.8 Å². The van der Waals surface area contributed by atoms with Gasteiger partial charge in [-0.2, -0.15) is 0 Å². The number of halogens is 1. The van der Waals surface area contributed by atoms with Crippen LogP contribution in [0.3, 0.4) is 0 Å². The molecule has 1 unspecified atom stereocenters. The second-order valence-corrected chi connectivity index (χ2v) is 4.32. The summed E-state index contributed by atoms with van der Waals surface area (Å²) in [4.78, 5) is 15.3. The maximum Gasteiger partial charge on any atom is 0.221 e. The molecule has 0 spiro atoms. The van der Waals surface area contributed by atoms with Crippen LogP contribution in [-0.4, -0.2) is 23.3 Å². The van der Waals surface area contributed by atoms with Gasteiger partial charge in [0.05, 0.1) is 5.01 Å². The number of hydrogen-bond donors (Lipinski definition) is 1. The molecule has 0 aliphatic heterocycles. The first kappa shape index (κ1) is 11.5. The molecular formula is C9H13ClN2OS. The van der Waals surface area contributed by atoms with Crippen molar-refractivity contribution < 1.29 is 4.79 Å². The monoisotopic (exact) mass is 232 g/mol. The van der Waals surface area contributed by atoms with E-state index in [9.17, 15) is 4.79 Å². The molecule has 1 rings (SSSR count). The fraction of sp³-hybridized carbons (Fsp3) is 0.556. The Balaban J connectivity index is 2.28. The van der Waals surface area contributed by atoms with Gasteiger partial charge in [0.2, 0.25) is 5.91 Å². The van der Waals surface area contributed by atoms with E-state index in [1.54, 1.807) is 17.5 Å². The van der Waals surface area contributed by atoms with Crippen molar-refractivity contribution in [3.63, 3.8) is 0 Å². The quantitative estimate of drug-likeness (QED) is 0.789. The number of nitrogens with zero attached hydrogens (tertiary/aromatic N) is 1. The largest absolute Gasteiger partial charge is 0.355 e. The van der Waals surface area contributed by atoms with Crippen molar-refractivity contribution in [1.29, 1.82) is 0 Å². The van der Waals surface area contributed by atoms with Crippen LogP contribution in [0.4, 0.5) is 0 Å². The Morgan fingerprint density at radius 1 is 1.79 bits per heavy atom. The first-order chi connectivity index (χ1) is 6.74. The van der Waals surface area contributed by atoms with Crippen LogP contribution in [0.5, 0.6) is 0 Å². The summed E-state index contributed by atoms with van der Waals surface area (Å²) >= 11 is 7.05. The maximum absolute atomic E-state index is 11.1. The van der Waals surface area contributed by atoms with Gasteiger partial charge in [-0.05, 0) is 0 Å². The van der Waals surface area contributed by atoms with Crippen LogP contribution in [0.15, 0.2) is 11.6 Å². The Bertz CT molecular complexity index is 276. The summed E-state index contributed by atoms with van der Waals surface area (Å²) in [7, 11) is 0. The van der Waals surface area contributed by atoms with Crippen molar-refractivity contribution in [3.8, 4) is 0 Å². The van der Waals surface area contributed by atoms with Crippen molar-refractivity contribution in [3.05, 3.63) is 16.6 Å². The molecule has 0 aliphatic carbocycles. The van der Waals surface area contributed by atoms with Crippen LogP contribution >= 0.6 is 22.9 Å². The lowest BCUT2D eigenvalue weighted by molar-refractivity contribution is -0.120. The van der Waals surface area contributed by atoms with Crippen molar-refractivity contribution in [2.24, 2.45) is 0 Å². The topological polar surface area (TPSA) is 42.0 Å². The minimum atomic E-state index is 0.00315. The first-order valence-corrected chi connectivity index (χ1v) is 5.87. The second kappa shape index (κ2) is 5.98. The highest BCUT2D eigenvalue weighted by Crippen LogP contribution is 2.16. The Kier molecular flexibility index (Phi) is 4.90. The van der Waals surface area contributed by atoms with E-state index in [-0.39, 0.29) is 11.8 Å². The molecular weight excluding hydrogens is 220 g/mol. The maximum atomic E-state index is 11.1. The Morgan fingerprint density at radius 3 is 3.14 bits per heavy atom. The fourth-order valence-corrected chi connectivity index (χ4v) is 1.88. The van der Waals surface area contributed by atoms with Crippen molar-refractivity contribution in [1.82, 2.24) is 10.3 Å². The van der Waals surface area contributed by atoms with E-state index in [0.717, 1.165) is 5.01 Å².